The summed E-state index contributed by atoms with van der Waals surface area (Å²) in [4.78, 5) is 0. The molecule has 2 aliphatic rings. The van der Waals surface area contributed by atoms with E-state index >= 15 is 0 Å². The largest absolute Gasteiger partial charge is 2.00 e. The molecule has 54 heavy (non-hydrogen) atoms. The van der Waals surface area contributed by atoms with Gasteiger partial charge in [-0.15, -0.1) is 0 Å². The Morgan fingerprint density at radius 1 is 0.444 bits per heavy atom. The Morgan fingerprint density at radius 2 is 0.704 bits per heavy atom. The van der Waals surface area contributed by atoms with Crippen molar-refractivity contribution in [2.75, 3.05) is 26.4 Å². The monoisotopic (exact) mass is 778 g/mol. The van der Waals surface area contributed by atoms with Gasteiger partial charge >= 0.3 is 23.1 Å². The molecule has 0 aliphatic carbocycles. The van der Waals surface area contributed by atoms with E-state index in [0.717, 1.165) is 32.8 Å². The van der Waals surface area contributed by atoms with Gasteiger partial charge in [0.15, 0.2) is 0 Å². The van der Waals surface area contributed by atoms with Crippen molar-refractivity contribution in [3.05, 3.63) is 177 Å². The molecule has 2 heterocycles. The second-order valence-corrected chi connectivity index (χ2v) is 18.2. The molecular formula is C48H53MgO2P3. The minimum absolute atomic E-state index is 0. The predicted octanol–water partition coefficient (Wildman–Crippen LogP) is 8.93. The molecule has 0 spiro atoms. The first-order valence-corrected chi connectivity index (χ1v) is 22.5. The molecule has 0 aromatic heterocycles. The summed E-state index contributed by atoms with van der Waals surface area (Å²) in [5.41, 5.74) is 0. The van der Waals surface area contributed by atoms with Crippen molar-refractivity contribution in [2.45, 2.75) is 45.4 Å². The maximum absolute atomic E-state index is 4.94. The third-order valence-electron chi connectivity index (χ3n) is 8.55. The zero-order chi connectivity index (χ0) is 36.8. The molecule has 0 radical (unpaired) electrons. The molecule has 0 unspecified atom stereocenters. The molecular weight excluding hydrogens is 726 g/mol. The van der Waals surface area contributed by atoms with Crippen molar-refractivity contribution in [2.24, 2.45) is 0 Å². The molecule has 6 aromatic carbocycles. The number of hydrogen-bond donors (Lipinski definition) is 0. The summed E-state index contributed by atoms with van der Waals surface area (Å²) in [5.74, 6) is 0. The van der Waals surface area contributed by atoms with Gasteiger partial charge in [-0.25, -0.2) is 0 Å². The summed E-state index contributed by atoms with van der Waals surface area (Å²) in [6.07, 6.45) is 7.39. The van der Waals surface area contributed by atoms with E-state index in [1.54, 1.807) is 0 Å². The van der Waals surface area contributed by atoms with Crippen LogP contribution in [0.15, 0.2) is 170 Å². The Bertz CT molecular complexity index is 1600. The Kier molecular flexibility index (Phi) is 21.4. The zero-order valence-electron chi connectivity index (χ0n) is 31.8. The van der Waals surface area contributed by atoms with Crippen molar-refractivity contribution < 1.29 is 9.47 Å². The van der Waals surface area contributed by atoms with Gasteiger partial charge in [0, 0.05) is 26.4 Å². The van der Waals surface area contributed by atoms with Crippen molar-refractivity contribution in [1.29, 1.82) is 0 Å². The summed E-state index contributed by atoms with van der Waals surface area (Å²) in [5, 5.41) is 11.1. The molecule has 6 heteroatoms. The topological polar surface area (TPSA) is 18.5 Å². The summed E-state index contributed by atoms with van der Waals surface area (Å²) < 4.78 is 9.89. The van der Waals surface area contributed by atoms with Crippen LogP contribution in [0.25, 0.3) is 0 Å². The molecule has 0 bridgehead atoms. The molecule has 0 amide bonds. The van der Waals surface area contributed by atoms with Gasteiger partial charge in [0.1, 0.15) is 0 Å². The van der Waals surface area contributed by atoms with Crippen LogP contribution < -0.4 is 42.4 Å². The Morgan fingerprint density at radius 3 is 0.944 bits per heavy atom. The number of benzene rings is 6. The average molecular weight is 779 g/mol. The number of hydrogen-bond acceptors (Lipinski definition) is 2. The molecule has 2 nitrogen and oxygen atoms in total. The van der Waals surface area contributed by atoms with Crippen molar-refractivity contribution in [3.8, 4) is 0 Å². The summed E-state index contributed by atoms with van der Waals surface area (Å²) in [6.45, 7) is 9.72. The fourth-order valence-electron chi connectivity index (χ4n) is 5.81. The summed E-state index contributed by atoms with van der Waals surface area (Å²) >= 11 is 0. The Hall–Kier alpha value is -2.70. The van der Waals surface area contributed by atoms with Crippen LogP contribution in [0.5, 0.6) is 0 Å². The quantitative estimate of drug-likeness (QED) is 0.0830. The SMILES string of the molecule is C1CCOC1.C1CCOC1.[CH2-]CCC.[Mg+2].c1ccc(P(c2ccccc2)c2ccccc2[P-]c2ccccc2P(c2ccccc2)c2ccccc2)cc1. The van der Waals surface area contributed by atoms with Crippen molar-refractivity contribution in [3.63, 3.8) is 0 Å². The van der Waals surface area contributed by atoms with Crippen LogP contribution >= 0.6 is 24.4 Å². The molecule has 8 rings (SSSR count). The van der Waals surface area contributed by atoms with Crippen LogP contribution in [0.4, 0.5) is 0 Å². The van der Waals surface area contributed by atoms with Crippen LogP contribution in [0.3, 0.4) is 0 Å². The number of ether oxygens (including phenoxy) is 2. The minimum Gasteiger partial charge on any atom is -0.471 e. The predicted molar refractivity (Wildman–Crippen MR) is 243 cm³/mol. The molecule has 274 valence electrons. The summed E-state index contributed by atoms with van der Waals surface area (Å²) in [7, 11) is -0.114. The normalized spacial score (nSPS) is 13.0. The van der Waals surface area contributed by atoms with E-state index < -0.39 is 15.8 Å². The second kappa shape index (κ2) is 26.2. The van der Waals surface area contributed by atoms with Gasteiger partial charge in [0.25, 0.3) is 0 Å². The average Bonchev–Trinajstić information content (AvgIpc) is 4.03. The van der Waals surface area contributed by atoms with Crippen molar-refractivity contribution in [1.82, 2.24) is 0 Å². The molecule has 2 saturated heterocycles. The van der Waals surface area contributed by atoms with Gasteiger partial charge in [-0.2, -0.15) is 17.0 Å². The third-order valence-corrected chi connectivity index (χ3v) is 15.2. The van der Waals surface area contributed by atoms with Gasteiger partial charge in [-0.3, -0.25) is 0 Å². The van der Waals surface area contributed by atoms with Crippen LogP contribution in [0, 0.1) is 6.92 Å². The van der Waals surface area contributed by atoms with E-state index in [1.165, 1.54) is 83.1 Å². The fraction of sp³-hybridized carbons (Fsp3) is 0.229. The van der Waals surface area contributed by atoms with Gasteiger partial charge in [-0.05, 0) is 73.4 Å². The molecule has 2 aliphatic heterocycles. The zero-order valence-corrected chi connectivity index (χ0v) is 35.9. The first kappa shape index (κ1) is 44.0. The van der Waals surface area contributed by atoms with Crippen molar-refractivity contribution >= 4 is 89.9 Å². The van der Waals surface area contributed by atoms with E-state index in [1.807, 2.05) is 0 Å². The molecule has 6 aromatic rings. The van der Waals surface area contributed by atoms with Gasteiger partial charge in [0.05, 0.1) is 0 Å². The number of unbranched alkanes of at least 4 members (excludes halogenated alkanes) is 1. The van der Waals surface area contributed by atoms with Crippen LogP contribution in [0.2, 0.25) is 0 Å². The second-order valence-electron chi connectivity index (χ2n) is 12.6. The first-order chi connectivity index (χ1) is 26.3. The van der Waals surface area contributed by atoms with Gasteiger partial charge in [-0.1, -0.05) is 183 Å². The maximum Gasteiger partial charge on any atom is 2.00 e. The smallest absolute Gasteiger partial charge is 0.471 e. The van der Waals surface area contributed by atoms with E-state index in [-0.39, 0.29) is 23.1 Å². The molecule has 0 N–H and O–H groups in total. The van der Waals surface area contributed by atoms with Crippen LogP contribution in [-0.2, 0) is 9.47 Å². The standard InChI is InChI=1S/C36H28P3.2C4H8O.C4H9.Mg/c1-5-17-29(18-6-1)38(30-19-7-2-8-20-30)35-27-15-13-25-33(35)37-34-26-14-16-28-36(34)39(31-21-9-3-10-22-31)32-23-11-4-12-24-32;2*1-2-4-5-3-1;1-3-4-2;/h1-28H;2*1-4H2;1,3-4H2,2H3;/q-1;;;-1;+2. The maximum atomic E-state index is 4.94. The van der Waals surface area contributed by atoms with E-state index in [4.69, 9.17) is 9.47 Å². The van der Waals surface area contributed by atoms with E-state index in [0.29, 0.717) is 0 Å². The van der Waals surface area contributed by atoms with Crippen LogP contribution in [0.1, 0.15) is 45.4 Å². The first-order valence-electron chi connectivity index (χ1n) is 18.9. The summed E-state index contributed by atoms with van der Waals surface area (Å²) in [6, 6.07) is 62.1. The fourth-order valence-corrected chi connectivity index (χ4v) is 12.3. The van der Waals surface area contributed by atoms with Crippen LogP contribution in [-0.4, -0.2) is 49.5 Å². The molecule has 0 atom stereocenters. The van der Waals surface area contributed by atoms with Gasteiger partial charge in [0.2, 0.25) is 0 Å². The van der Waals surface area contributed by atoms with E-state index in [2.05, 4.69) is 184 Å². The Balaban J connectivity index is 0.000000365. The number of rotatable bonds is 9. The molecule has 2 fully saturated rings. The van der Waals surface area contributed by atoms with Gasteiger partial charge < -0.3 is 25.0 Å². The minimum atomic E-state index is -0.677. The Labute approximate surface area is 346 Å². The molecule has 0 saturated carbocycles. The third kappa shape index (κ3) is 14.1. The van der Waals surface area contributed by atoms with E-state index in [9.17, 15) is 0 Å².